The highest BCUT2D eigenvalue weighted by Crippen LogP contribution is 2.31. The molecule has 2 nitrogen and oxygen atoms in total. The molecule has 0 aliphatic carbocycles. The Morgan fingerprint density at radius 2 is 2.22 bits per heavy atom. The molecule has 1 aliphatic heterocycles. The average molecular weight is 272 g/mol. The standard InChI is InChI=1S/C14H19ClFNO/c1-9(2)14(10-6-7-17-8-10)18-12-5-3-4-11(16)13(12)15/h3-5,9-10,14,17H,6-8H2,1-2H3/t10-,14+/m0/s1. The predicted octanol–water partition coefficient (Wildman–Crippen LogP) is 3.49. The van der Waals surface area contributed by atoms with Crippen molar-refractivity contribution in [1.29, 1.82) is 0 Å². The van der Waals surface area contributed by atoms with Gasteiger partial charge >= 0.3 is 0 Å². The van der Waals surface area contributed by atoms with Crippen LogP contribution in [0.2, 0.25) is 5.02 Å². The zero-order valence-corrected chi connectivity index (χ0v) is 11.5. The second kappa shape index (κ2) is 5.89. The van der Waals surface area contributed by atoms with Crippen LogP contribution in [-0.4, -0.2) is 19.2 Å². The molecular formula is C14H19ClFNO. The van der Waals surface area contributed by atoms with Gasteiger partial charge in [-0.3, -0.25) is 0 Å². The van der Waals surface area contributed by atoms with E-state index in [4.69, 9.17) is 16.3 Å². The molecule has 0 radical (unpaired) electrons. The summed E-state index contributed by atoms with van der Waals surface area (Å²) in [6, 6.07) is 4.70. The van der Waals surface area contributed by atoms with Gasteiger partial charge in [0.05, 0.1) is 0 Å². The summed E-state index contributed by atoms with van der Waals surface area (Å²) in [5.74, 6) is 0.849. The van der Waals surface area contributed by atoms with Crippen molar-refractivity contribution < 1.29 is 9.13 Å². The lowest BCUT2D eigenvalue weighted by molar-refractivity contribution is 0.0971. The highest BCUT2D eigenvalue weighted by molar-refractivity contribution is 6.32. The third-order valence-corrected chi connectivity index (χ3v) is 3.77. The van der Waals surface area contributed by atoms with Crippen molar-refractivity contribution in [3.63, 3.8) is 0 Å². The minimum Gasteiger partial charge on any atom is -0.488 e. The Bertz CT molecular complexity index is 405. The average Bonchev–Trinajstić information content (AvgIpc) is 2.84. The van der Waals surface area contributed by atoms with Crippen molar-refractivity contribution in [3.8, 4) is 5.75 Å². The Labute approximate surface area is 112 Å². The first-order chi connectivity index (χ1) is 8.59. The Morgan fingerprint density at radius 3 is 2.83 bits per heavy atom. The summed E-state index contributed by atoms with van der Waals surface area (Å²) >= 11 is 5.93. The van der Waals surface area contributed by atoms with E-state index in [1.54, 1.807) is 12.1 Å². The van der Waals surface area contributed by atoms with Crippen LogP contribution in [0.3, 0.4) is 0 Å². The SMILES string of the molecule is CC(C)[C@@H](Oc1cccc(F)c1Cl)[C@H]1CCNC1. The van der Waals surface area contributed by atoms with Crippen molar-refractivity contribution >= 4 is 11.6 Å². The molecule has 100 valence electrons. The maximum absolute atomic E-state index is 13.4. The van der Waals surface area contributed by atoms with E-state index in [1.165, 1.54) is 6.07 Å². The number of benzene rings is 1. The number of nitrogens with one attached hydrogen (secondary N) is 1. The first kappa shape index (κ1) is 13.6. The maximum atomic E-state index is 13.4. The van der Waals surface area contributed by atoms with Crippen LogP contribution in [0, 0.1) is 17.7 Å². The third-order valence-electron chi connectivity index (χ3n) is 3.40. The number of halogens is 2. The van der Waals surface area contributed by atoms with Gasteiger partial charge in [-0.15, -0.1) is 0 Å². The minimum atomic E-state index is -0.429. The molecule has 1 fully saturated rings. The second-order valence-electron chi connectivity index (χ2n) is 5.13. The van der Waals surface area contributed by atoms with Crippen molar-refractivity contribution in [2.24, 2.45) is 11.8 Å². The lowest BCUT2D eigenvalue weighted by atomic mass is 9.92. The highest BCUT2D eigenvalue weighted by atomic mass is 35.5. The summed E-state index contributed by atoms with van der Waals surface area (Å²) in [4.78, 5) is 0. The molecule has 0 spiro atoms. The Kier molecular flexibility index (Phi) is 4.46. The predicted molar refractivity (Wildman–Crippen MR) is 71.6 cm³/mol. The number of rotatable bonds is 4. The van der Waals surface area contributed by atoms with Crippen molar-refractivity contribution in [2.45, 2.75) is 26.4 Å². The van der Waals surface area contributed by atoms with Gasteiger partial charge in [0.1, 0.15) is 22.7 Å². The van der Waals surface area contributed by atoms with Crippen molar-refractivity contribution in [1.82, 2.24) is 5.32 Å². The quantitative estimate of drug-likeness (QED) is 0.905. The fourth-order valence-corrected chi connectivity index (χ4v) is 2.63. The van der Waals surface area contributed by atoms with E-state index < -0.39 is 5.82 Å². The van der Waals surface area contributed by atoms with Crippen LogP contribution in [0.25, 0.3) is 0 Å². The molecule has 0 bridgehead atoms. The topological polar surface area (TPSA) is 21.3 Å². The molecule has 18 heavy (non-hydrogen) atoms. The summed E-state index contributed by atoms with van der Waals surface area (Å²) in [7, 11) is 0. The smallest absolute Gasteiger partial charge is 0.145 e. The fraction of sp³-hybridized carbons (Fsp3) is 0.571. The van der Waals surface area contributed by atoms with E-state index in [9.17, 15) is 4.39 Å². The number of ether oxygens (including phenoxy) is 1. The summed E-state index contributed by atoms with van der Waals surface area (Å²) < 4.78 is 19.3. The molecule has 0 saturated carbocycles. The molecule has 1 N–H and O–H groups in total. The van der Waals surface area contributed by atoms with Crippen LogP contribution in [0.4, 0.5) is 4.39 Å². The maximum Gasteiger partial charge on any atom is 0.145 e. The van der Waals surface area contributed by atoms with Gasteiger partial charge < -0.3 is 10.1 Å². The van der Waals surface area contributed by atoms with Gasteiger partial charge in [0.25, 0.3) is 0 Å². The first-order valence-corrected chi connectivity index (χ1v) is 6.78. The molecule has 0 unspecified atom stereocenters. The van der Waals surface area contributed by atoms with Crippen LogP contribution in [0.1, 0.15) is 20.3 Å². The molecule has 1 saturated heterocycles. The van der Waals surface area contributed by atoms with E-state index in [-0.39, 0.29) is 11.1 Å². The van der Waals surface area contributed by atoms with Crippen LogP contribution in [0.5, 0.6) is 5.75 Å². The van der Waals surface area contributed by atoms with Gasteiger partial charge in [-0.05, 0) is 31.0 Å². The molecule has 2 atom stereocenters. The Morgan fingerprint density at radius 1 is 1.44 bits per heavy atom. The van der Waals surface area contributed by atoms with Gasteiger partial charge in [-0.2, -0.15) is 0 Å². The van der Waals surface area contributed by atoms with Crippen molar-refractivity contribution in [2.75, 3.05) is 13.1 Å². The normalized spacial score (nSPS) is 21.3. The van der Waals surface area contributed by atoms with Crippen molar-refractivity contribution in [3.05, 3.63) is 29.0 Å². The summed E-state index contributed by atoms with van der Waals surface area (Å²) in [5, 5.41) is 3.41. The lowest BCUT2D eigenvalue weighted by Crippen LogP contribution is -2.33. The van der Waals surface area contributed by atoms with Crippen LogP contribution in [0.15, 0.2) is 18.2 Å². The fourth-order valence-electron chi connectivity index (χ4n) is 2.46. The van der Waals surface area contributed by atoms with Gasteiger partial charge in [-0.1, -0.05) is 31.5 Å². The van der Waals surface area contributed by atoms with E-state index in [0.29, 0.717) is 17.6 Å². The molecule has 1 aliphatic rings. The van der Waals surface area contributed by atoms with Crippen LogP contribution < -0.4 is 10.1 Å². The second-order valence-corrected chi connectivity index (χ2v) is 5.51. The summed E-state index contributed by atoms with van der Waals surface area (Å²) in [5.41, 5.74) is 0. The molecule has 2 rings (SSSR count). The Hall–Kier alpha value is -0.800. The van der Waals surface area contributed by atoms with Crippen LogP contribution >= 0.6 is 11.6 Å². The number of hydrogen-bond donors (Lipinski definition) is 1. The third kappa shape index (κ3) is 2.96. The largest absolute Gasteiger partial charge is 0.488 e. The molecule has 0 aromatic heterocycles. The van der Waals surface area contributed by atoms with Gasteiger partial charge in [0, 0.05) is 12.5 Å². The first-order valence-electron chi connectivity index (χ1n) is 6.41. The lowest BCUT2D eigenvalue weighted by Gasteiger charge is -2.28. The summed E-state index contributed by atoms with van der Waals surface area (Å²) in [6.45, 7) is 6.22. The molecule has 4 heteroatoms. The molecule has 1 aromatic rings. The Balaban J connectivity index is 2.15. The van der Waals surface area contributed by atoms with E-state index >= 15 is 0 Å². The zero-order valence-electron chi connectivity index (χ0n) is 10.7. The van der Waals surface area contributed by atoms with E-state index in [1.807, 2.05) is 0 Å². The molecule has 0 amide bonds. The monoisotopic (exact) mass is 271 g/mol. The summed E-state index contributed by atoms with van der Waals surface area (Å²) in [6.07, 6.45) is 1.16. The highest BCUT2D eigenvalue weighted by Gasteiger charge is 2.29. The van der Waals surface area contributed by atoms with E-state index in [0.717, 1.165) is 19.5 Å². The van der Waals surface area contributed by atoms with Gasteiger partial charge in [-0.25, -0.2) is 4.39 Å². The zero-order chi connectivity index (χ0) is 13.1. The van der Waals surface area contributed by atoms with E-state index in [2.05, 4.69) is 19.2 Å². The van der Waals surface area contributed by atoms with Gasteiger partial charge in [0.15, 0.2) is 0 Å². The van der Waals surface area contributed by atoms with Gasteiger partial charge in [0.2, 0.25) is 0 Å². The molecular weight excluding hydrogens is 253 g/mol. The molecule has 1 heterocycles. The minimum absolute atomic E-state index is 0.0688. The van der Waals surface area contributed by atoms with Crippen LogP contribution in [-0.2, 0) is 0 Å². The number of hydrogen-bond acceptors (Lipinski definition) is 2. The molecule has 1 aromatic carbocycles.